The Morgan fingerprint density at radius 2 is 1.66 bits per heavy atom. The largest absolute Gasteiger partial charge is 0.507 e. The highest BCUT2D eigenvalue weighted by Crippen LogP contribution is 2.47. The number of anilines is 1. The minimum atomic E-state index is -1.09. The Morgan fingerprint density at radius 3 is 2.26 bits per heavy atom. The number of aliphatic hydroxyl groups is 1. The first kappa shape index (κ1) is 23.7. The average molecular weight is 480 g/mol. The van der Waals surface area contributed by atoms with Crippen molar-refractivity contribution >= 4 is 23.3 Å². The van der Waals surface area contributed by atoms with Crippen molar-refractivity contribution in [2.24, 2.45) is 0 Å². The van der Waals surface area contributed by atoms with Crippen LogP contribution in [0.15, 0.2) is 52.6 Å². The number of methoxy groups -OCH3 is 4. The van der Waals surface area contributed by atoms with Gasteiger partial charge in [0.25, 0.3) is 5.78 Å². The molecule has 1 saturated heterocycles. The minimum Gasteiger partial charge on any atom is -0.507 e. The van der Waals surface area contributed by atoms with Crippen LogP contribution in [-0.4, -0.2) is 50.4 Å². The highest BCUT2D eigenvalue weighted by molar-refractivity contribution is 6.51. The average Bonchev–Trinajstić information content (AvgIpc) is 3.42. The molecule has 4 rings (SSSR count). The minimum absolute atomic E-state index is 0.117. The predicted octanol–water partition coefficient (Wildman–Crippen LogP) is 3.64. The van der Waals surface area contributed by atoms with E-state index in [1.807, 2.05) is 0 Å². The lowest BCUT2D eigenvalue weighted by molar-refractivity contribution is -0.132. The van der Waals surface area contributed by atoms with Gasteiger partial charge in [-0.3, -0.25) is 14.5 Å². The lowest BCUT2D eigenvalue weighted by atomic mass is 9.94. The van der Waals surface area contributed by atoms with Gasteiger partial charge in [-0.2, -0.15) is 0 Å². The lowest BCUT2D eigenvalue weighted by Gasteiger charge is -2.25. The van der Waals surface area contributed by atoms with Crippen molar-refractivity contribution < 1.29 is 38.2 Å². The molecule has 2 aromatic carbocycles. The fraction of sp³-hybridized carbons (Fsp3) is 0.240. The van der Waals surface area contributed by atoms with E-state index in [0.29, 0.717) is 34.3 Å². The van der Waals surface area contributed by atoms with Crippen molar-refractivity contribution in [1.82, 2.24) is 5.16 Å². The Kier molecular flexibility index (Phi) is 6.37. The number of para-hydroxylation sites is 1. The van der Waals surface area contributed by atoms with Crippen molar-refractivity contribution in [3.63, 3.8) is 0 Å². The number of ketones is 1. The Labute approximate surface area is 201 Å². The normalized spacial score (nSPS) is 16.9. The molecule has 1 amide bonds. The third kappa shape index (κ3) is 3.92. The van der Waals surface area contributed by atoms with Crippen LogP contribution in [0, 0.1) is 6.92 Å². The monoisotopic (exact) mass is 480 g/mol. The number of carbonyl (C=O) groups excluding carboxylic acids is 2. The van der Waals surface area contributed by atoms with Gasteiger partial charge in [0, 0.05) is 17.2 Å². The third-order valence-electron chi connectivity index (χ3n) is 5.69. The van der Waals surface area contributed by atoms with E-state index in [9.17, 15) is 14.7 Å². The second-order valence-electron chi connectivity index (χ2n) is 7.62. The molecule has 1 aliphatic rings. The maximum atomic E-state index is 13.3. The summed E-state index contributed by atoms with van der Waals surface area (Å²) >= 11 is 0. The summed E-state index contributed by atoms with van der Waals surface area (Å²) in [5, 5.41) is 15.3. The lowest BCUT2D eigenvalue weighted by Crippen LogP contribution is -2.30. The highest BCUT2D eigenvalue weighted by Gasteiger charge is 2.49. The van der Waals surface area contributed by atoms with E-state index < -0.39 is 23.5 Å². The van der Waals surface area contributed by atoms with Gasteiger partial charge in [-0.25, -0.2) is 0 Å². The fourth-order valence-electron chi connectivity index (χ4n) is 4.10. The number of ether oxygens (including phenoxy) is 4. The molecule has 10 heteroatoms. The van der Waals surface area contributed by atoms with Crippen molar-refractivity contribution in [3.05, 3.63) is 64.9 Å². The zero-order chi connectivity index (χ0) is 25.3. The van der Waals surface area contributed by atoms with Crippen LogP contribution < -0.4 is 23.8 Å². The zero-order valence-corrected chi connectivity index (χ0v) is 19.8. The van der Waals surface area contributed by atoms with Gasteiger partial charge in [0.15, 0.2) is 28.8 Å². The summed E-state index contributed by atoms with van der Waals surface area (Å²) in [5.41, 5.74) is 0.506. The fourth-order valence-corrected chi connectivity index (χ4v) is 4.10. The standard InChI is InChI=1S/C25H24N2O8/c1-13-11-19(26-35-13)27-21(15-7-6-8-17(32-3)24(15)34-5)20(23(29)25(27)30)22(28)14-9-10-16(31-2)18(12-14)33-4/h6-12,21,28H,1-5H3/b22-20-. The van der Waals surface area contributed by atoms with Gasteiger partial charge in [0.1, 0.15) is 17.6 Å². The zero-order valence-electron chi connectivity index (χ0n) is 19.8. The van der Waals surface area contributed by atoms with Gasteiger partial charge in [-0.15, -0.1) is 0 Å². The van der Waals surface area contributed by atoms with Gasteiger partial charge < -0.3 is 28.6 Å². The number of aliphatic hydroxyl groups excluding tert-OH is 1. The molecule has 0 aliphatic carbocycles. The van der Waals surface area contributed by atoms with Gasteiger partial charge in [0.2, 0.25) is 0 Å². The number of amides is 1. The molecule has 3 aromatic rings. The molecule has 1 fully saturated rings. The summed E-state index contributed by atoms with van der Waals surface area (Å²) in [6.45, 7) is 1.66. The molecular formula is C25H24N2O8. The van der Waals surface area contributed by atoms with Gasteiger partial charge in [-0.1, -0.05) is 17.3 Å². The molecule has 0 radical (unpaired) electrons. The second-order valence-corrected chi connectivity index (χ2v) is 7.62. The van der Waals surface area contributed by atoms with Crippen LogP contribution in [-0.2, 0) is 9.59 Å². The topological polar surface area (TPSA) is 121 Å². The molecule has 1 atom stereocenters. The molecule has 1 aliphatic heterocycles. The Morgan fingerprint density at radius 1 is 0.943 bits per heavy atom. The summed E-state index contributed by atoms with van der Waals surface area (Å²) in [6.07, 6.45) is 0. The van der Waals surface area contributed by atoms with Gasteiger partial charge in [-0.05, 0) is 31.2 Å². The van der Waals surface area contributed by atoms with E-state index in [0.717, 1.165) is 0 Å². The van der Waals surface area contributed by atoms with Crippen molar-refractivity contribution in [2.75, 3.05) is 33.3 Å². The molecule has 1 aromatic heterocycles. The molecule has 182 valence electrons. The number of benzene rings is 2. The van der Waals surface area contributed by atoms with E-state index in [-0.39, 0.29) is 17.0 Å². The van der Waals surface area contributed by atoms with Gasteiger partial charge >= 0.3 is 5.91 Å². The summed E-state index contributed by atoms with van der Waals surface area (Å²) in [5.74, 6) is -0.153. The number of rotatable bonds is 7. The Hall–Kier alpha value is -4.47. The van der Waals surface area contributed by atoms with E-state index >= 15 is 0 Å². The maximum absolute atomic E-state index is 13.3. The van der Waals surface area contributed by atoms with E-state index in [2.05, 4.69) is 5.16 Å². The first-order chi connectivity index (χ1) is 16.9. The summed E-state index contributed by atoms with van der Waals surface area (Å²) in [7, 11) is 5.86. The predicted molar refractivity (Wildman–Crippen MR) is 125 cm³/mol. The first-order valence-electron chi connectivity index (χ1n) is 10.5. The molecule has 0 spiro atoms. The van der Waals surface area contributed by atoms with E-state index in [4.69, 9.17) is 23.5 Å². The molecule has 2 heterocycles. The molecule has 1 unspecified atom stereocenters. The highest BCUT2D eigenvalue weighted by atomic mass is 16.5. The summed E-state index contributed by atoms with van der Waals surface area (Å²) < 4.78 is 26.7. The van der Waals surface area contributed by atoms with Crippen LogP contribution in [0.4, 0.5) is 5.82 Å². The van der Waals surface area contributed by atoms with Crippen LogP contribution in [0.2, 0.25) is 0 Å². The summed E-state index contributed by atoms with van der Waals surface area (Å²) in [4.78, 5) is 27.8. The number of carbonyl (C=O) groups is 2. The molecule has 0 saturated carbocycles. The van der Waals surface area contributed by atoms with E-state index in [1.165, 1.54) is 45.5 Å². The van der Waals surface area contributed by atoms with Gasteiger partial charge in [0.05, 0.1) is 34.0 Å². The number of hydrogen-bond donors (Lipinski definition) is 1. The number of nitrogens with zero attached hydrogens (tertiary/aromatic N) is 2. The van der Waals surface area contributed by atoms with Crippen molar-refractivity contribution in [1.29, 1.82) is 0 Å². The molecule has 1 N–H and O–H groups in total. The first-order valence-corrected chi connectivity index (χ1v) is 10.5. The molecule has 10 nitrogen and oxygen atoms in total. The van der Waals surface area contributed by atoms with Crippen molar-refractivity contribution in [2.45, 2.75) is 13.0 Å². The second kappa shape index (κ2) is 9.41. The Bertz CT molecular complexity index is 1330. The number of Topliss-reactive ketones (excluding diaryl/α,β-unsaturated/α-hetero) is 1. The van der Waals surface area contributed by atoms with Crippen molar-refractivity contribution in [3.8, 4) is 23.0 Å². The van der Waals surface area contributed by atoms with Crippen LogP contribution in [0.1, 0.15) is 22.9 Å². The number of aryl methyl sites for hydroxylation is 1. The van der Waals surface area contributed by atoms with Crippen LogP contribution in [0.25, 0.3) is 5.76 Å². The quantitative estimate of drug-likeness (QED) is 0.307. The van der Waals surface area contributed by atoms with E-state index in [1.54, 1.807) is 37.3 Å². The maximum Gasteiger partial charge on any atom is 0.301 e. The number of hydrogen-bond acceptors (Lipinski definition) is 9. The van der Waals surface area contributed by atoms with Crippen LogP contribution >= 0.6 is 0 Å². The molecular weight excluding hydrogens is 456 g/mol. The molecule has 35 heavy (non-hydrogen) atoms. The number of aromatic nitrogens is 1. The molecule has 0 bridgehead atoms. The Balaban J connectivity index is 2.00. The van der Waals surface area contributed by atoms with Crippen LogP contribution in [0.5, 0.6) is 23.0 Å². The third-order valence-corrected chi connectivity index (χ3v) is 5.69. The summed E-state index contributed by atoms with van der Waals surface area (Å²) in [6, 6.07) is 10.2. The van der Waals surface area contributed by atoms with Crippen LogP contribution in [0.3, 0.4) is 0 Å². The smallest absolute Gasteiger partial charge is 0.301 e. The SMILES string of the molecule is COc1ccc(/C(O)=C2/C(=O)C(=O)N(c3cc(C)on3)C2c2cccc(OC)c2OC)cc1OC.